The Morgan fingerprint density at radius 1 is 1.31 bits per heavy atom. The van der Waals surface area contributed by atoms with Crippen LogP contribution < -0.4 is 0 Å². The van der Waals surface area contributed by atoms with E-state index in [-0.39, 0.29) is 18.0 Å². The van der Waals surface area contributed by atoms with Crippen molar-refractivity contribution in [3.8, 4) is 11.3 Å². The first-order valence-electron chi connectivity index (χ1n) is 8.79. The summed E-state index contributed by atoms with van der Waals surface area (Å²) >= 11 is 0. The fourth-order valence-electron chi connectivity index (χ4n) is 3.95. The second-order valence-corrected chi connectivity index (χ2v) is 6.89. The summed E-state index contributed by atoms with van der Waals surface area (Å²) in [6, 6.07) is 6.76. The summed E-state index contributed by atoms with van der Waals surface area (Å²) in [4.78, 5) is 2.37. The number of benzene rings is 1. The molecule has 2 atom stereocenters. The molecule has 0 bridgehead atoms. The van der Waals surface area contributed by atoms with E-state index in [1.165, 1.54) is 12.1 Å². The molecule has 0 saturated carbocycles. The van der Waals surface area contributed by atoms with Crippen molar-refractivity contribution in [1.82, 2.24) is 30.1 Å². The maximum Gasteiger partial charge on any atom is 0.123 e. The predicted octanol–water partition coefficient (Wildman–Crippen LogP) is 2.15. The zero-order chi connectivity index (χ0) is 17.5. The molecule has 0 amide bonds. The van der Waals surface area contributed by atoms with E-state index in [9.17, 15) is 4.39 Å². The van der Waals surface area contributed by atoms with Crippen LogP contribution in [0.2, 0.25) is 0 Å². The van der Waals surface area contributed by atoms with Crippen LogP contribution in [0.4, 0.5) is 4.39 Å². The molecule has 134 valence electrons. The molecule has 1 fully saturated rings. The fraction of sp³-hybridized carbons (Fsp3) is 0.389. The third kappa shape index (κ3) is 2.71. The average molecular weight is 354 g/mol. The largest absolute Gasteiger partial charge is 0.370 e. The Kier molecular flexibility index (Phi) is 3.79. The molecule has 2 aliphatic rings. The molecular formula is C18H19FN6O. The van der Waals surface area contributed by atoms with Crippen LogP contribution in [0.3, 0.4) is 0 Å². The van der Waals surface area contributed by atoms with Crippen molar-refractivity contribution < 1.29 is 9.13 Å². The average Bonchev–Trinajstić information content (AvgIpc) is 3.31. The van der Waals surface area contributed by atoms with Crippen LogP contribution in [0.25, 0.3) is 11.3 Å². The summed E-state index contributed by atoms with van der Waals surface area (Å²) in [5.41, 5.74) is 3.77. The highest BCUT2D eigenvalue weighted by Gasteiger charge is 2.36. The van der Waals surface area contributed by atoms with Crippen LogP contribution in [0.15, 0.2) is 36.7 Å². The van der Waals surface area contributed by atoms with Gasteiger partial charge in [0.15, 0.2) is 0 Å². The molecule has 1 N–H and O–H groups in total. The monoisotopic (exact) mass is 354 g/mol. The SMILES string of the molecule is Fc1cccc(-c2[nH]ncc2CN2CC[C@H]3OCc4cnnn4[C@H]3C2)c1. The molecular weight excluding hydrogens is 335 g/mol. The molecule has 1 saturated heterocycles. The molecule has 5 rings (SSSR count). The number of fused-ring (bicyclic) bond motifs is 3. The van der Waals surface area contributed by atoms with E-state index >= 15 is 0 Å². The van der Waals surface area contributed by atoms with Gasteiger partial charge in [-0.3, -0.25) is 10.00 Å². The Labute approximate surface area is 149 Å². The number of nitrogens with one attached hydrogen (secondary N) is 1. The molecule has 2 aliphatic heterocycles. The minimum Gasteiger partial charge on any atom is -0.370 e. The number of H-pyrrole nitrogens is 1. The Morgan fingerprint density at radius 3 is 3.19 bits per heavy atom. The van der Waals surface area contributed by atoms with Gasteiger partial charge >= 0.3 is 0 Å². The molecule has 0 unspecified atom stereocenters. The summed E-state index contributed by atoms with van der Waals surface area (Å²) in [6.45, 7) is 3.11. The molecule has 8 heteroatoms. The normalized spacial score (nSPS) is 22.8. The van der Waals surface area contributed by atoms with Gasteiger partial charge < -0.3 is 4.74 Å². The molecule has 0 radical (unpaired) electrons. The van der Waals surface area contributed by atoms with E-state index in [1.54, 1.807) is 12.3 Å². The number of nitrogens with zero attached hydrogens (tertiary/aromatic N) is 5. The van der Waals surface area contributed by atoms with Crippen molar-refractivity contribution in [3.05, 3.63) is 53.7 Å². The highest BCUT2D eigenvalue weighted by molar-refractivity contribution is 5.62. The van der Waals surface area contributed by atoms with Crippen molar-refractivity contribution in [2.75, 3.05) is 13.1 Å². The molecule has 7 nitrogen and oxygen atoms in total. The molecule has 26 heavy (non-hydrogen) atoms. The van der Waals surface area contributed by atoms with Crippen molar-refractivity contribution >= 4 is 0 Å². The van der Waals surface area contributed by atoms with Gasteiger partial charge in [0.2, 0.25) is 0 Å². The molecule has 4 heterocycles. The number of hydrogen-bond acceptors (Lipinski definition) is 5. The van der Waals surface area contributed by atoms with Gasteiger partial charge in [-0.2, -0.15) is 5.10 Å². The van der Waals surface area contributed by atoms with E-state index in [4.69, 9.17) is 4.74 Å². The van der Waals surface area contributed by atoms with Gasteiger partial charge in [0.05, 0.1) is 42.5 Å². The number of aromatic amines is 1. The van der Waals surface area contributed by atoms with Crippen molar-refractivity contribution in [2.45, 2.75) is 31.7 Å². The van der Waals surface area contributed by atoms with E-state index < -0.39 is 0 Å². The van der Waals surface area contributed by atoms with Gasteiger partial charge in [-0.05, 0) is 18.6 Å². The third-order valence-electron chi connectivity index (χ3n) is 5.24. The highest BCUT2D eigenvalue weighted by atomic mass is 19.1. The Balaban J connectivity index is 1.37. The number of rotatable bonds is 3. The summed E-state index contributed by atoms with van der Waals surface area (Å²) in [5, 5.41) is 15.5. The molecule has 2 aromatic heterocycles. The molecule has 1 aromatic carbocycles. The van der Waals surface area contributed by atoms with E-state index in [0.29, 0.717) is 6.61 Å². The number of likely N-dealkylation sites (tertiary alicyclic amines) is 1. The van der Waals surface area contributed by atoms with Crippen LogP contribution in [0.5, 0.6) is 0 Å². The lowest BCUT2D eigenvalue weighted by Crippen LogP contribution is -2.47. The van der Waals surface area contributed by atoms with E-state index in [0.717, 1.165) is 48.6 Å². The second kappa shape index (κ2) is 6.30. The summed E-state index contributed by atoms with van der Waals surface area (Å²) in [6.07, 6.45) is 4.74. The maximum absolute atomic E-state index is 13.6. The van der Waals surface area contributed by atoms with Crippen LogP contribution in [0.1, 0.15) is 23.7 Å². The van der Waals surface area contributed by atoms with Crippen LogP contribution in [0, 0.1) is 5.82 Å². The van der Waals surface area contributed by atoms with Crippen molar-refractivity contribution in [1.29, 1.82) is 0 Å². The fourth-order valence-corrected chi connectivity index (χ4v) is 3.95. The highest BCUT2D eigenvalue weighted by Crippen LogP contribution is 2.31. The van der Waals surface area contributed by atoms with Crippen LogP contribution in [-0.4, -0.2) is 49.3 Å². The number of hydrogen-bond donors (Lipinski definition) is 1. The minimum absolute atomic E-state index is 0.180. The van der Waals surface area contributed by atoms with Crippen molar-refractivity contribution in [2.24, 2.45) is 0 Å². The number of ether oxygens (including phenoxy) is 1. The van der Waals surface area contributed by atoms with Crippen LogP contribution in [-0.2, 0) is 17.9 Å². The lowest BCUT2D eigenvalue weighted by Gasteiger charge is -2.41. The number of aromatic nitrogens is 5. The Bertz CT molecular complexity index is 922. The Hall–Kier alpha value is -2.58. The lowest BCUT2D eigenvalue weighted by atomic mass is 9.99. The second-order valence-electron chi connectivity index (χ2n) is 6.89. The zero-order valence-corrected chi connectivity index (χ0v) is 14.2. The van der Waals surface area contributed by atoms with Gasteiger partial charge in [0.1, 0.15) is 5.82 Å². The van der Waals surface area contributed by atoms with Crippen molar-refractivity contribution in [3.63, 3.8) is 0 Å². The molecule has 0 aliphatic carbocycles. The molecule has 3 aromatic rings. The zero-order valence-electron chi connectivity index (χ0n) is 14.2. The van der Waals surface area contributed by atoms with Gasteiger partial charge in [-0.15, -0.1) is 5.10 Å². The summed E-state index contributed by atoms with van der Waals surface area (Å²) in [5.74, 6) is -0.248. The quantitative estimate of drug-likeness (QED) is 0.780. The number of halogens is 1. The predicted molar refractivity (Wildman–Crippen MR) is 91.5 cm³/mol. The topological polar surface area (TPSA) is 71.9 Å². The van der Waals surface area contributed by atoms with Gasteiger partial charge in [0, 0.05) is 30.8 Å². The standard InChI is InChI=1S/C18H19FN6O/c19-14-3-1-2-12(6-14)18-13(7-20-22-18)9-24-5-4-17-16(10-24)25-15(11-26-17)8-21-23-25/h1-3,6-8,16-17H,4-5,9-11H2,(H,20,22)/t16-,17+/m0/s1. The van der Waals surface area contributed by atoms with Gasteiger partial charge in [-0.1, -0.05) is 17.3 Å². The lowest BCUT2D eigenvalue weighted by molar-refractivity contribution is -0.0669. The first-order chi connectivity index (χ1) is 12.8. The van der Waals surface area contributed by atoms with Gasteiger partial charge in [0.25, 0.3) is 0 Å². The van der Waals surface area contributed by atoms with E-state index in [2.05, 4.69) is 25.4 Å². The van der Waals surface area contributed by atoms with Gasteiger partial charge in [-0.25, -0.2) is 9.07 Å². The Morgan fingerprint density at radius 2 is 2.27 bits per heavy atom. The first-order valence-corrected chi connectivity index (χ1v) is 8.79. The smallest absolute Gasteiger partial charge is 0.123 e. The van der Waals surface area contributed by atoms with E-state index in [1.807, 2.05) is 16.9 Å². The van der Waals surface area contributed by atoms with Crippen LogP contribution >= 0.6 is 0 Å². The molecule has 0 spiro atoms. The third-order valence-corrected chi connectivity index (χ3v) is 5.24. The maximum atomic E-state index is 13.6. The summed E-state index contributed by atoms with van der Waals surface area (Å²) in [7, 11) is 0. The summed E-state index contributed by atoms with van der Waals surface area (Å²) < 4.78 is 21.5. The minimum atomic E-state index is -0.248. The first kappa shape index (κ1) is 15.7. The number of piperidine rings is 1.